The van der Waals surface area contributed by atoms with Crippen molar-refractivity contribution in [3.05, 3.63) is 11.8 Å². The second-order valence-electron chi connectivity index (χ2n) is 9.72. The molecule has 0 amide bonds. The number of aliphatic hydroxyl groups excluding tert-OH is 1. The monoisotopic (exact) mass is 442 g/mol. The van der Waals surface area contributed by atoms with Gasteiger partial charge < -0.3 is 19.4 Å². The molecule has 0 saturated heterocycles. The van der Waals surface area contributed by atoms with Gasteiger partial charge in [-0.05, 0) is 18.9 Å². The maximum Gasteiger partial charge on any atom is 0.373 e. The molecule has 0 aliphatic heterocycles. The van der Waals surface area contributed by atoms with E-state index in [-0.39, 0.29) is 6.42 Å². The second kappa shape index (κ2) is 18.1. The van der Waals surface area contributed by atoms with Crippen LogP contribution in [0.5, 0.6) is 0 Å². The van der Waals surface area contributed by atoms with Gasteiger partial charge in [-0.3, -0.25) is 4.79 Å². The molecule has 31 heavy (non-hydrogen) atoms. The highest BCUT2D eigenvalue weighted by Crippen LogP contribution is 2.14. The summed E-state index contributed by atoms with van der Waals surface area (Å²) in [6.07, 6.45) is 17.7. The van der Waals surface area contributed by atoms with Crippen molar-refractivity contribution in [1.29, 1.82) is 0 Å². The number of carboxylic acids is 1. The van der Waals surface area contributed by atoms with Gasteiger partial charge in [0, 0.05) is 0 Å². The molecule has 1 atom stereocenters. The van der Waals surface area contributed by atoms with Crippen LogP contribution in [0.2, 0.25) is 0 Å². The molecule has 6 nitrogen and oxygen atoms in total. The van der Waals surface area contributed by atoms with Crippen molar-refractivity contribution in [1.82, 2.24) is 0 Å². The quantitative estimate of drug-likeness (QED) is 0.0794. The summed E-state index contributed by atoms with van der Waals surface area (Å²) in [5.74, 6) is -2.29. The first kappa shape index (κ1) is 29.4. The average molecular weight is 443 g/mol. The van der Waals surface area contributed by atoms with E-state index in [1.54, 1.807) is 0 Å². The molecule has 0 saturated carbocycles. The molecule has 0 bridgehead atoms. The zero-order valence-electron chi connectivity index (χ0n) is 20.5. The van der Waals surface area contributed by atoms with Crippen LogP contribution in [0.3, 0.4) is 0 Å². The van der Waals surface area contributed by atoms with Crippen LogP contribution in [0.1, 0.15) is 103 Å². The van der Waals surface area contributed by atoms with Gasteiger partial charge in [-0.15, -0.1) is 0 Å². The zero-order valence-corrected chi connectivity index (χ0v) is 20.5. The summed E-state index contributed by atoms with van der Waals surface area (Å²) in [7, 11) is 5.69. The Balaban J connectivity index is 3.86. The highest BCUT2D eigenvalue weighted by Gasteiger charge is 2.26. The third-order valence-electron chi connectivity index (χ3n) is 5.28. The largest absolute Gasteiger partial charge is 0.502 e. The molecule has 0 rings (SSSR count). The van der Waals surface area contributed by atoms with Crippen molar-refractivity contribution in [2.45, 2.75) is 109 Å². The van der Waals surface area contributed by atoms with Crippen LogP contribution < -0.4 is 0 Å². The Morgan fingerprint density at radius 3 is 1.68 bits per heavy atom. The first-order chi connectivity index (χ1) is 14.7. The number of hydrogen-bond donors (Lipinski definition) is 2. The van der Waals surface area contributed by atoms with E-state index in [0.29, 0.717) is 17.4 Å². The fourth-order valence-electron chi connectivity index (χ4n) is 3.65. The van der Waals surface area contributed by atoms with E-state index in [4.69, 9.17) is 9.84 Å². The van der Waals surface area contributed by atoms with E-state index in [0.717, 1.165) is 12.8 Å². The number of esters is 1. The molecule has 0 aliphatic rings. The van der Waals surface area contributed by atoms with Crippen molar-refractivity contribution in [2.75, 3.05) is 27.7 Å². The SMILES string of the molecule is CCCCCCCCCCCCCCCC=C(O)C(=O)OC(CC(=O)O)C[N+](C)(C)C. The summed E-state index contributed by atoms with van der Waals surface area (Å²) in [6, 6.07) is 0. The van der Waals surface area contributed by atoms with Crippen LogP contribution in [-0.4, -0.2) is 60.4 Å². The standard InChI is InChI=1S/C25H47NO5/c1-5-6-7-8-9-10-11-12-13-14-15-16-17-18-19-23(27)25(30)31-22(20-24(28)29)21-26(2,3)4/h19,22H,5-18,20-21H2,1-4H3,(H-,27,28,29)/p+1. The first-order valence-corrected chi connectivity index (χ1v) is 12.3. The van der Waals surface area contributed by atoms with Crippen molar-refractivity contribution < 1.29 is 29.0 Å². The molecular formula is C25H48NO5+. The van der Waals surface area contributed by atoms with Gasteiger partial charge >= 0.3 is 11.9 Å². The van der Waals surface area contributed by atoms with Gasteiger partial charge in [0.05, 0.1) is 27.6 Å². The lowest BCUT2D eigenvalue weighted by Gasteiger charge is -2.28. The van der Waals surface area contributed by atoms with Gasteiger partial charge in [0.1, 0.15) is 6.54 Å². The molecule has 0 spiro atoms. The molecular weight excluding hydrogens is 394 g/mol. The third kappa shape index (κ3) is 20.1. The maximum absolute atomic E-state index is 12.0. The Labute approximate surface area is 190 Å². The minimum absolute atomic E-state index is 0.270. The number of carboxylic acid groups (broad SMARTS) is 1. The van der Waals surface area contributed by atoms with Crippen LogP contribution >= 0.6 is 0 Å². The lowest BCUT2D eigenvalue weighted by atomic mass is 10.0. The number of ether oxygens (including phenoxy) is 1. The van der Waals surface area contributed by atoms with E-state index in [9.17, 15) is 14.7 Å². The Morgan fingerprint density at radius 1 is 0.806 bits per heavy atom. The molecule has 0 aromatic carbocycles. The fraction of sp³-hybridized carbons (Fsp3) is 0.840. The second-order valence-corrected chi connectivity index (χ2v) is 9.72. The van der Waals surface area contributed by atoms with Gasteiger partial charge in [-0.2, -0.15) is 0 Å². The molecule has 0 aromatic rings. The summed E-state index contributed by atoms with van der Waals surface area (Å²) >= 11 is 0. The van der Waals surface area contributed by atoms with E-state index in [1.807, 2.05) is 21.1 Å². The lowest BCUT2D eigenvalue weighted by Crippen LogP contribution is -2.44. The number of aliphatic carboxylic acids is 1. The maximum atomic E-state index is 12.0. The van der Waals surface area contributed by atoms with E-state index < -0.39 is 23.8 Å². The van der Waals surface area contributed by atoms with Crippen molar-refractivity contribution in [3.8, 4) is 0 Å². The lowest BCUT2D eigenvalue weighted by molar-refractivity contribution is -0.873. The third-order valence-corrected chi connectivity index (χ3v) is 5.28. The van der Waals surface area contributed by atoms with E-state index in [2.05, 4.69) is 6.92 Å². The Bertz CT molecular complexity index is 511. The van der Waals surface area contributed by atoms with Crippen molar-refractivity contribution >= 4 is 11.9 Å². The summed E-state index contributed by atoms with van der Waals surface area (Å²) in [4.78, 5) is 23.0. The van der Waals surface area contributed by atoms with Gasteiger partial charge in [-0.1, -0.05) is 84.0 Å². The summed E-state index contributed by atoms with van der Waals surface area (Å²) in [5, 5.41) is 18.9. The molecule has 182 valence electrons. The number of unbranched alkanes of at least 4 members (excludes halogenated alkanes) is 13. The van der Waals surface area contributed by atoms with Gasteiger partial charge in [0.25, 0.3) is 0 Å². The van der Waals surface area contributed by atoms with Crippen LogP contribution in [0.15, 0.2) is 11.8 Å². The number of rotatable bonds is 20. The highest BCUT2D eigenvalue weighted by atomic mass is 16.6. The molecule has 2 N–H and O–H groups in total. The van der Waals surface area contributed by atoms with Crippen LogP contribution in [0.4, 0.5) is 0 Å². The number of allylic oxidation sites excluding steroid dienone is 1. The van der Waals surface area contributed by atoms with Crippen LogP contribution in [-0.2, 0) is 14.3 Å². The summed E-state index contributed by atoms with van der Waals surface area (Å²) in [5.41, 5.74) is 0. The van der Waals surface area contributed by atoms with Gasteiger partial charge in [0.2, 0.25) is 0 Å². The average Bonchev–Trinajstić information content (AvgIpc) is 2.66. The number of carbonyl (C=O) groups excluding carboxylic acids is 1. The molecule has 0 aliphatic carbocycles. The number of hydrogen-bond acceptors (Lipinski definition) is 4. The Kier molecular flexibility index (Phi) is 17.1. The van der Waals surface area contributed by atoms with Crippen molar-refractivity contribution in [2.24, 2.45) is 0 Å². The topological polar surface area (TPSA) is 83.8 Å². The molecule has 0 heterocycles. The summed E-state index contributed by atoms with van der Waals surface area (Å²) in [6.45, 7) is 2.62. The van der Waals surface area contributed by atoms with Gasteiger partial charge in [-0.25, -0.2) is 4.79 Å². The number of carbonyl (C=O) groups is 2. The molecule has 0 fully saturated rings. The normalized spacial score (nSPS) is 13.2. The predicted molar refractivity (Wildman–Crippen MR) is 126 cm³/mol. The minimum Gasteiger partial charge on any atom is -0.502 e. The Morgan fingerprint density at radius 2 is 1.26 bits per heavy atom. The highest BCUT2D eigenvalue weighted by molar-refractivity contribution is 5.86. The summed E-state index contributed by atoms with van der Waals surface area (Å²) < 4.78 is 5.68. The minimum atomic E-state index is -1.03. The number of likely N-dealkylation sites (N-methyl/N-ethyl adjacent to an activating group) is 1. The first-order valence-electron chi connectivity index (χ1n) is 12.3. The van der Waals surface area contributed by atoms with Crippen LogP contribution in [0.25, 0.3) is 0 Å². The smallest absolute Gasteiger partial charge is 0.373 e. The number of aliphatic hydroxyl groups is 1. The number of quaternary nitrogens is 1. The van der Waals surface area contributed by atoms with E-state index in [1.165, 1.54) is 76.7 Å². The molecule has 1 unspecified atom stereocenters. The number of nitrogens with zero attached hydrogens (tertiary/aromatic N) is 1. The van der Waals surface area contributed by atoms with Gasteiger partial charge in [0.15, 0.2) is 11.9 Å². The zero-order chi connectivity index (χ0) is 23.5. The van der Waals surface area contributed by atoms with Crippen LogP contribution in [0, 0.1) is 0 Å². The predicted octanol–water partition coefficient (Wildman–Crippen LogP) is 6.00. The fourth-order valence-corrected chi connectivity index (χ4v) is 3.65. The molecule has 0 radical (unpaired) electrons. The molecule has 6 heteroatoms. The van der Waals surface area contributed by atoms with E-state index >= 15 is 0 Å². The van der Waals surface area contributed by atoms with Crippen molar-refractivity contribution in [3.63, 3.8) is 0 Å². The Hall–Kier alpha value is -1.56. The molecule has 0 aromatic heterocycles.